The Hall–Kier alpha value is -2.54. The number of benzene rings is 1. The number of likely N-dealkylation sites (tertiary alicyclic amines) is 1. The van der Waals surface area contributed by atoms with Crippen molar-refractivity contribution in [2.45, 2.75) is 45.6 Å². The average Bonchev–Trinajstić information content (AvgIpc) is 3.16. The molecule has 1 amide bonds. The van der Waals surface area contributed by atoms with Crippen molar-refractivity contribution in [3.05, 3.63) is 36.1 Å². The molecule has 164 valence electrons. The van der Waals surface area contributed by atoms with Crippen LogP contribution in [-0.4, -0.2) is 62.1 Å². The van der Waals surface area contributed by atoms with Crippen LogP contribution in [0.2, 0.25) is 0 Å². The van der Waals surface area contributed by atoms with Crippen LogP contribution in [0.25, 0.3) is 11.0 Å². The van der Waals surface area contributed by atoms with Gasteiger partial charge in [-0.15, -0.1) is 0 Å². The molecule has 1 aliphatic rings. The molecule has 1 aliphatic heterocycles. The van der Waals surface area contributed by atoms with Gasteiger partial charge in [0.15, 0.2) is 5.96 Å². The lowest BCUT2D eigenvalue weighted by molar-refractivity contribution is -0.122. The Balaban J connectivity index is 1.44. The molecule has 0 atom stereocenters. The van der Waals surface area contributed by atoms with Gasteiger partial charge >= 0.3 is 0 Å². The zero-order valence-electron chi connectivity index (χ0n) is 18.2. The van der Waals surface area contributed by atoms with Crippen LogP contribution >= 0.6 is 0 Å². The van der Waals surface area contributed by atoms with Crippen LogP contribution < -0.4 is 16.0 Å². The normalized spacial score (nSPS) is 16.0. The minimum absolute atomic E-state index is 0.128. The molecule has 30 heavy (non-hydrogen) atoms. The Bertz CT molecular complexity index is 791. The van der Waals surface area contributed by atoms with Crippen molar-refractivity contribution >= 4 is 22.8 Å². The topological polar surface area (TPSA) is 81.9 Å². The molecule has 1 aromatic carbocycles. The molecule has 0 spiro atoms. The van der Waals surface area contributed by atoms with Gasteiger partial charge in [-0.25, -0.2) is 0 Å². The molecule has 2 heterocycles. The highest BCUT2D eigenvalue weighted by atomic mass is 16.3. The summed E-state index contributed by atoms with van der Waals surface area (Å²) in [6.45, 7) is 8.75. The fourth-order valence-corrected chi connectivity index (χ4v) is 3.71. The molecular weight excluding hydrogens is 378 g/mol. The molecule has 7 heteroatoms. The fraction of sp³-hybridized carbons (Fsp3) is 0.565. The predicted molar refractivity (Wildman–Crippen MR) is 122 cm³/mol. The van der Waals surface area contributed by atoms with E-state index in [-0.39, 0.29) is 5.91 Å². The molecular formula is C23H35N5O2. The van der Waals surface area contributed by atoms with E-state index in [4.69, 9.17) is 9.41 Å². The third kappa shape index (κ3) is 6.76. The summed E-state index contributed by atoms with van der Waals surface area (Å²) in [5.74, 6) is 1.95. The molecule has 0 radical (unpaired) electrons. The van der Waals surface area contributed by atoms with Crippen molar-refractivity contribution in [2.75, 3.05) is 39.3 Å². The SMILES string of the molecule is CCCNC(=O)CN1CCC(NC(=NCCc2cc3ccccc3o2)NCC)CC1. The van der Waals surface area contributed by atoms with Crippen LogP contribution in [0.15, 0.2) is 39.7 Å². The maximum absolute atomic E-state index is 11.9. The third-order valence-corrected chi connectivity index (χ3v) is 5.32. The van der Waals surface area contributed by atoms with E-state index in [0.717, 1.165) is 74.6 Å². The summed E-state index contributed by atoms with van der Waals surface area (Å²) < 4.78 is 5.88. The van der Waals surface area contributed by atoms with Gasteiger partial charge < -0.3 is 20.4 Å². The van der Waals surface area contributed by atoms with Crippen molar-refractivity contribution in [1.82, 2.24) is 20.9 Å². The second kappa shape index (κ2) is 11.6. The van der Waals surface area contributed by atoms with Gasteiger partial charge in [0.25, 0.3) is 0 Å². The second-order valence-electron chi connectivity index (χ2n) is 7.81. The number of nitrogens with zero attached hydrogens (tertiary/aromatic N) is 2. The third-order valence-electron chi connectivity index (χ3n) is 5.32. The number of amides is 1. The molecule has 1 saturated heterocycles. The predicted octanol–water partition coefficient (Wildman–Crippen LogP) is 2.52. The number of rotatable bonds is 9. The number of guanidine groups is 1. The van der Waals surface area contributed by atoms with Crippen molar-refractivity contribution in [3.63, 3.8) is 0 Å². The van der Waals surface area contributed by atoms with Gasteiger partial charge in [-0.05, 0) is 38.3 Å². The molecule has 0 saturated carbocycles. The van der Waals surface area contributed by atoms with Gasteiger partial charge in [-0.1, -0.05) is 25.1 Å². The van der Waals surface area contributed by atoms with Crippen molar-refractivity contribution in [2.24, 2.45) is 4.99 Å². The highest BCUT2D eigenvalue weighted by molar-refractivity contribution is 5.80. The fourth-order valence-electron chi connectivity index (χ4n) is 3.71. The van der Waals surface area contributed by atoms with E-state index < -0.39 is 0 Å². The van der Waals surface area contributed by atoms with Crippen LogP contribution in [0.3, 0.4) is 0 Å². The summed E-state index contributed by atoms with van der Waals surface area (Å²) >= 11 is 0. The summed E-state index contributed by atoms with van der Waals surface area (Å²) in [6, 6.07) is 10.5. The minimum Gasteiger partial charge on any atom is -0.461 e. The standard InChI is InChI=1S/C23H35N5O2/c1-3-12-25-22(29)17-28-14-10-19(11-15-28)27-23(24-4-2)26-13-9-20-16-18-7-5-6-8-21(18)30-20/h5-8,16,19H,3-4,9-15,17H2,1-2H3,(H,25,29)(H2,24,26,27). The molecule has 1 fully saturated rings. The van der Waals surface area contributed by atoms with Gasteiger partial charge in [-0.2, -0.15) is 0 Å². The maximum atomic E-state index is 11.9. The minimum atomic E-state index is 0.128. The second-order valence-corrected chi connectivity index (χ2v) is 7.81. The Morgan fingerprint density at radius 1 is 1.20 bits per heavy atom. The highest BCUT2D eigenvalue weighted by Gasteiger charge is 2.21. The van der Waals surface area contributed by atoms with Gasteiger partial charge in [0.2, 0.25) is 5.91 Å². The number of furan rings is 1. The molecule has 2 aromatic rings. The molecule has 7 nitrogen and oxygen atoms in total. The van der Waals surface area contributed by atoms with E-state index in [0.29, 0.717) is 19.1 Å². The van der Waals surface area contributed by atoms with Crippen LogP contribution in [0.4, 0.5) is 0 Å². The van der Waals surface area contributed by atoms with Crippen LogP contribution in [0.5, 0.6) is 0 Å². The largest absolute Gasteiger partial charge is 0.461 e. The zero-order chi connectivity index (χ0) is 21.2. The van der Waals surface area contributed by atoms with E-state index in [1.807, 2.05) is 18.2 Å². The molecule has 1 aromatic heterocycles. The van der Waals surface area contributed by atoms with Gasteiger partial charge in [-0.3, -0.25) is 14.7 Å². The lowest BCUT2D eigenvalue weighted by atomic mass is 10.1. The van der Waals surface area contributed by atoms with Crippen molar-refractivity contribution in [1.29, 1.82) is 0 Å². The van der Waals surface area contributed by atoms with E-state index in [1.165, 1.54) is 0 Å². The van der Waals surface area contributed by atoms with Crippen LogP contribution in [0.1, 0.15) is 38.9 Å². The van der Waals surface area contributed by atoms with Gasteiger partial charge in [0, 0.05) is 50.6 Å². The number of fused-ring (bicyclic) bond motifs is 1. The molecule has 0 bridgehead atoms. The summed E-state index contributed by atoms with van der Waals surface area (Å²) in [5.41, 5.74) is 0.927. The van der Waals surface area contributed by atoms with Gasteiger partial charge in [0.1, 0.15) is 11.3 Å². The van der Waals surface area contributed by atoms with E-state index in [2.05, 4.69) is 46.8 Å². The number of nitrogens with one attached hydrogen (secondary N) is 3. The number of hydrogen-bond acceptors (Lipinski definition) is 4. The number of aliphatic imine (C=N–C) groups is 1. The molecule has 3 rings (SSSR count). The van der Waals surface area contributed by atoms with Crippen LogP contribution in [-0.2, 0) is 11.2 Å². The maximum Gasteiger partial charge on any atom is 0.234 e. The Kier molecular flexibility index (Phi) is 8.56. The van der Waals surface area contributed by atoms with Crippen molar-refractivity contribution < 1.29 is 9.21 Å². The van der Waals surface area contributed by atoms with Crippen LogP contribution in [0, 0.1) is 0 Å². The molecule has 0 aliphatic carbocycles. The zero-order valence-corrected chi connectivity index (χ0v) is 18.2. The number of piperidine rings is 1. The summed E-state index contributed by atoms with van der Waals surface area (Å²) in [7, 11) is 0. The first-order valence-electron chi connectivity index (χ1n) is 11.2. The highest BCUT2D eigenvalue weighted by Crippen LogP contribution is 2.19. The first-order chi connectivity index (χ1) is 14.7. The Morgan fingerprint density at radius 3 is 2.73 bits per heavy atom. The quantitative estimate of drug-likeness (QED) is 0.435. The van der Waals surface area contributed by atoms with E-state index >= 15 is 0 Å². The lowest BCUT2D eigenvalue weighted by Gasteiger charge is -2.32. The van der Waals surface area contributed by atoms with E-state index in [9.17, 15) is 4.79 Å². The first-order valence-corrected chi connectivity index (χ1v) is 11.2. The number of para-hydroxylation sites is 1. The number of hydrogen-bond donors (Lipinski definition) is 3. The molecule has 0 unspecified atom stereocenters. The van der Waals surface area contributed by atoms with Gasteiger partial charge in [0.05, 0.1) is 6.54 Å². The number of carbonyl (C=O) groups excluding carboxylic acids is 1. The average molecular weight is 414 g/mol. The lowest BCUT2D eigenvalue weighted by Crippen LogP contribution is -2.50. The molecule has 3 N–H and O–H groups in total. The summed E-state index contributed by atoms with van der Waals surface area (Å²) in [4.78, 5) is 18.9. The summed E-state index contributed by atoms with van der Waals surface area (Å²) in [5, 5.41) is 11.0. The van der Waals surface area contributed by atoms with Crippen molar-refractivity contribution in [3.8, 4) is 0 Å². The number of carbonyl (C=O) groups is 1. The summed E-state index contributed by atoms with van der Waals surface area (Å²) in [6.07, 6.45) is 3.77. The Labute approximate surface area is 179 Å². The first kappa shape index (κ1) is 22.2. The monoisotopic (exact) mass is 413 g/mol. The smallest absolute Gasteiger partial charge is 0.234 e. The van der Waals surface area contributed by atoms with E-state index in [1.54, 1.807) is 0 Å². The Morgan fingerprint density at radius 2 is 2.00 bits per heavy atom.